The lowest BCUT2D eigenvalue weighted by molar-refractivity contribution is -0.167. The van der Waals surface area contributed by atoms with Crippen LogP contribution < -0.4 is 0 Å². The van der Waals surface area contributed by atoms with Crippen molar-refractivity contribution in [3.63, 3.8) is 0 Å². The third-order valence-electron chi connectivity index (χ3n) is 13.7. The lowest BCUT2D eigenvalue weighted by atomic mass is 10.0. The van der Waals surface area contributed by atoms with Gasteiger partial charge in [0.15, 0.2) is 6.10 Å². The molecule has 0 spiro atoms. The summed E-state index contributed by atoms with van der Waals surface area (Å²) < 4.78 is 16.8. The number of rotatable bonds is 56. The number of ether oxygens (including phenoxy) is 3. The van der Waals surface area contributed by atoms with E-state index in [4.69, 9.17) is 14.2 Å². The summed E-state index contributed by atoms with van der Waals surface area (Å²) in [4.78, 5) is 37.9. The highest BCUT2D eigenvalue weighted by Crippen LogP contribution is 2.17. The molecule has 0 aliphatic carbocycles. The fourth-order valence-corrected chi connectivity index (χ4v) is 9.12. The Hall–Kier alpha value is -2.11. The van der Waals surface area contributed by atoms with Crippen LogP contribution in [-0.4, -0.2) is 37.2 Å². The van der Waals surface area contributed by atoms with Gasteiger partial charge in [-0.1, -0.05) is 289 Å². The average molecular weight is 958 g/mol. The summed E-state index contributed by atoms with van der Waals surface area (Å²) in [6.45, 7) is 6.62. The molecule has 6 nitrogen and oxygen atoms in total. The molecule has 0 aromatic rings. The highest BCUT2D eigenvalue weighted by atomic mass is 16.6. The van der Waals surface area contributed by atoms with Crippen LogP contribution in [0.5, 0.6) is 0 Å². The molecular weight excluding hydrogens is 841 g/mol. The summed E-state index contributed by atoms with van der Waals surface area (Å²) in [5.41, 5.74) is 0. The minimum Gasteiger partial charge on any atom is -0.462 e. The first kappa shape index (κ1) is 65.9. The van der Waals surface area contributed by atoms with E-state index >= 15 is 0 Å². The van der Waals surface area contributed by atoms with Gasteiger partial charge in [-0.2, -0.15) is 0 Å². The smallest absolute Gasteiger partial charge is 0.306 e. The van der Waals surface area contributed by atoms with Crippen molar-refractivity contribution in [1.29, 1.82) is 0 Å². The van der Waals surface area contributed by atoms with E-state index in [0.717, 1.165) is 64.2 Å². The van der Waals surface area contributed by atoms with E-state index in [-0.39, 0.29) is 31.1 Å². The number of allylic oxidation sites excluding steroid dienone is 4. The summed E-state index contributed by atoms with van der Waals surface area (Å²) in [7, 11) is 0. The second-order valence-corrected chi connectivity index (χ2v) is 20.6. The standard InChI is InChI=1S/C62H116O6/c1-4-7-10-13-16-18-20-22-24-26-27-28-29-30-31-32-33-34-35-37-38-40-42-44-46-49-52-55-61(64)67-58-59(57-66-60(63)54-51-48-15-12-9-6-3)68-62(65)56-53-50-47-45-43-41-39-36-25-23-21-19-17-14-11-8-5-2/h20,22,26-27,59H,4-19,21,23-25,28-58H2,1-3H3/b22-20-,27-26-. The van der Waals surface area contributed by atoms with Gasteiger partial charge in [0, 0.05) is 19.3 Å². The van der Waals surface area contributed by atoms with E-state index in [1.807, 2.05) is 0 Å². The van der Waals surface area contributed by atoms with Gasteiger partial charge >= 0.3 is 17.9 Å². The fourth-order valence-electron chi connectivity index (χ4n) is 9.12. The van der Waals surface area contributed by atoms with Crippen LogP contribution in [0, 0.1) is 0 Å². The zero-order valence-electron chi connectivity index (χ0n) is 45.9. The van der Waals surface area contributed by atoms with Crippen LogP contribution in [0.3, 0.4) is 0 Å². The van der Waals surface area contributed by atoms with Crippen LogP contribution in [0.25, 0.3) is 0 Å². The average Bonchev–Trinajstić information content (AvgIpc) is 3.34. The first-order chi connectivity index (χ1) is 33.5. The summed E-state index contributed by atoms with van der Waals surface area (Å²) in [5.74, 6) is -0.854. The number of hydrogen-bond acceptors (Lipinski definition) is 6. The Kier molecular flexibility index (Phi) is 55.7. The monoisotopic (exact) mass is 957 g/mol. The van der Waals surface area contributed by atoms with Gasteiger partial charge in [0.25, 0.3) is 0 Å². The van der Waals surface area contributed by atoms with Crippen molar-refractivity contribution in [3.8, 4) is 0 Å². The van der Waals surface area contributed by atoms with E-state index in [2.05, 4.69) is 45.1 Å². The summed E-state index contributed by atoms with van der Waals surface area (Å²) in [6, 6.07) is 0. The van der Waals surface area contributed by atoms with Gasteiger partial charge in [-0.3, -0.25) is 14.4 Å². The topological polar surface area (TPSA) is 78.9 Å². The van der Waals surface area contributed by atoms with Crippen LogP contribution in [0.1, 0.15) is 335 Å². The molecule has 0 radical (unpaired) electrons. The molecule has 68 heavy (non-hydrogen) atoms. The molecule has 0 aliphatic rings. The predicted molar refractivity (Wildman–Crippen MR) is 293 cm³/mol. The lowest BCUT2D eigenvalue weighted by Gasteiger charge is -2.18. The van der Waals surface area contributed by atoms with Crippen LogP contribution >= 0.6 is 0 Å². The number of esters is 3. The Balaban J connectivity index is 4.02. The number of carbonyl (C=O) groups excluding carboxylic acids is 3. The lowest BCUT2D eigenvalue weighted by Crippen LogP contribution is -2.30. The van der Waals surface area contributed by atoms with Crippen molar-refractivity contribution in [2.75, 3.05) is 13.2 Å². The number of carbonyl (C=O) groups is 3. The minimum atomic E-state index is -0.763. The van der Waals surface area contributed by atoms with Crippen molar-refractivity contribution in [2.45, 2.75) is 341 Å². The van der Waals surface area contributed by atoms with Crippen LogP contribution in [0.4, 0.5) is 0 Å². The molecule has 0 aromatic carbocycles. The molecule has 0 saturated carbocycles. The van der Waals surface area contributed by atoms with E-state index < -0.39 is 6.10 Å². The summed E-state index contributed by atoms with van der Waals surface area (Å²) in [5, 5.41) is 0. The predicted octanol–water partition coefficient (Wildman–Crippen LogP) is 20.3. The van der Waals surface area contributed by atoms with Crippen molar-refractivity contribution >= 4 is 17.9 Å². The Morgan fingerprint density at radius 3 is 0.809 bits per heavy atom. The molecule has 0 heterocycles. The maximum absolute atomic E-state index is 12.8. The first-order valence-corrected chi connectivity index (χ1v) is 30.3. The maximum Gasteiger partial charge on any atom is 0.306 e. The fraction of sp³-hybridized carbons (Fsp3) is 0.887. The van der Waals surface area contributed by atoms with E-state index in [9.17, 15) is 14.4 Å². The van der Waals surface area contributed by atoms with Gasteiger partial charge in [0.1, 0.15) is 13.2 Å². The quantitative estimate of drug-likeness (QED) is 0.0262. The zero-order valence-corrected chi connectivity index (χ0v) is 45.9. The Labute approximate surface area is 423 Å². The molecule has 0 bridgehead atoms. The molecule has 0 aromatic heterocycles. The van der Waals surface area contributed by atoms with Crippen molar-refractivity contribution < 1.29 is 28.6 Å². The first-order valence-electron chi connectivity index (χ1n) is 30.3. The second kappa shape index (κ2) is 57.5. The highest BCUT2D eigenvalue weighted by Gasteiger charge is 2.19. The third kappa shape index (κ3) is 54.8. The molecule has 0 fully saturated rings. The maximum atomic E-state index is 12.8. The van der Waals surface area contributed by atoms with Crippen molar-refractivity contribution in [3.05, 3.63) is 24.3 Å². The van der Waals surface area contributed by atoms with Crippen molar-refractivity contribution in [2.24, 2.45) is 0 Å². The molecule has 1 atom stereocenters. The molecule has 0 N–H and O–H groups in total. The largest absolute Gasteiger partial charge is 0.462 e. The van der Waals surface area contributed by atoms with E-state index in [1.165, 1.54) is 231 Å². The molecule has 1 unspecified atom stereocenters. The normalized spacial score (nSPS) is 12.1. The molecular formula is C62H116O6. The Morgan fingerprint density at radius 2 is 0.529 bits per heavy atom. The van der Waals surface area contributed by atoms with Gasteiger partial charge in [0.2, 0.25) is 0 Å². The summed E-state index contributed by atoms with van der Waals surface area (Å²) in [6.07, 6.45) is 67.9. The van der Waals surface area contributed by atoms with Gasteiger partial charge < -0.3 is 14.2 Å². The van der Waals surface area contributed by atoms with Crippen LogP contribution in [-0.2, 0) is 28.6 Å². The molecule has 400 valence electrons. The number of hydrogen-bond donors (Lipinski definition) is 0. The molecule has 0 saturated heterocycles. The van der Waals surface area contributed by atoms with Crippen LogP contribution in [0.15, 0.2) is 24.3 Å². The highest BCUT2D eigenvalue weighted by molar-refractivity contribution is 5.71. The molecule has 6 heteroatoms. The minimum absolute atomic E-state index is 0.0659. The van der Waals surface area contributed by atoms with Crippen molar-refractivity contribution in [1.82, 2.24) is 0 Å². The van der Waals surface area contributed by atoms with Gasteiger partial charge in [0.05, 0.1) is 0 Å². The van der Waals surface area contributed by atoms with Gasteiger partial charge in [-0.25, -0.2) is 0 Å². The molecule has 0 aliphatic heterocycles. The second-order valence-electron chi connectivity index (χ2n) is 20.6. The molecule has 0 rings (SSSR count). The number of unbranched alkanes of at least 4 members (excludes halogenated alkanes) is 41. The Bertz CT molecular complexity index is 1100. The van der Waals surface area contributed by atoms with Gasteiger partial charge in [-0.15, -0.1) is 0 Å². The summed E-state index contributed by atoms with van der Waals surface area (Å²) >= 11 is 0. The Morgan fingerprint density at radius 1 is 0.294 bits per heavy atom. The SMILES string of the molecule is CCCCCCC/C=C\C/C=C\CCCCCCCCCCCCCCCCCC(=O)OCC(COC(=O)CCCCCCCC)OC(=O)CCCCCCCCCCCCCCCCCCC. The van der Waals surface area contributed by atoms with E-state index in [1.54, 1.807) is 0 Å². The molecule has 0 amide bonds. The van der Waals surface area contributed by atoms with E-state index in [0.29, 0.717) is 19.3 Å². The van der Waals surface area contributed by atoms with Gasteiger partial charge in [-0.05, 0) is 51.4 Å². The third-order valence-corrected chi connectivity index (χ3v) is 13.7. The van der Waals surface area contributed by atoms with Crippen LogP contribution in [0.2, 0.25) is 0 Å². The zero-order chi connectivity index (χ0) is 49.3.